The van der Waals surface area contributed by atoms with Crippen LogP contribution in [-0.2, 0) is 13.0 Å². The number of ether oxygens (including phenoxy) is 2. The smallest absolute Gasteiger partial charge is 0.180 e. The van der Waals surface area contributed by atoms with E-state index in [2.05, 4.69) is 22.0 Å². The fourth-order valence-electron chi connectivity index (χ4n) is 3.18. The average Bonchev–Trinajstić information content (AvgIpc) is 3.00. The van der Waals surface area contributed by atoms with Crippen molar-refractivity contribution in [2.45, 2.75) is 46.8 Å². The molecular formula is C19H26ClN3O2. The van der Waals surface area contributed by atoms with Gasteiger partial charge < -0.3 is 9.47 Å². The lowest BCUT2D eigenvalue weighted by Gasteiger charge is -2.25. The van der Waals surface area contributed by atoms with E-state index in [9.17, 15) is 0 Å². The van der Waals surface area contributed by atoms with Crippen LogP contribution in [0.4, 0.5) is 0 Å². The third kappa shape index (κ3) is 3.77. The van der Waals surface area contributed by atoms with Crippen LogP contribution in [0, 0.1) is 0 Å². The first-order valence-corrected chi connectivity index (χ1v) is 9.33. The van der Waals surface area contributed by atoms with Crippen LogP contribution in [0.5, 0.6) is 11.5 Å². The number of benzene rings is 1. The molecule has 6 heteroatoms. The number of nitrogens with zero attached hydrogens (tertiary/aromatic N) is 2. The topological polar surface area (TPSA) is 50.4 Å². The van der Waals surface area contributed by atoms with Gasteiger partial charge in [-0.3, -0.25) is 10.00 Å². The van der Waals surface area contributed by atoms with Crippen LogP contribution in [0.15, 0.2) is 12.1 Å². The largest absolute Gasteiger partial charge is 0.490 e. The summed E-state index contributed by atoms with van der Waals surface area (Å²) in [5, 5.41) is 8.31. The molecule has 0 spiro atoms. The molecule has 136 valence electrons. The van der Waals surface area contributed by atoms with E-state index in [4.69, 9.17) is 21.1 Å². The number of likely N-dealkylation sites (N-methyl/N-ethyl adjacent to an activating group) is 1. The lowest BCUT2D eigenvalue weighted by molar-refractivity contribution is 0.224. The summed E-state index contributed by atoms with van der Waals surface area (Å²) in [5.74, 6) is 1.26. The molecule has 1 N–H and O–H groups in total. The zero-order valence-corrected chi connectivity index (χ0v) is 16.1. The minimum Gasteiger partial charge on any atom is -0.490 e. The predicted molar refractivity (Wildman–Crippen MR) is 101 cm³/mol. The summed E-state index contributed by atoms with van der Waals surface area (Å²) < 4.78 is 11.6. The molecule has 0 aliphatic carbocycles. The maximum Gasteiger partial charge on any atom is 0.180 e. The van der Waals surface area contributed by atoms with Gasteiger partial charge in [0.1, 0.15) is 0 Å². The maximum atomic E-state index is 6.52. The van der Waals surface area contributed by atoms with Crippen LogP contribution >= 0.6 is 11.6 Å². The average molecular weight is 364 g/mol. The van der Waals surface area contributed by atoms with Crippen LogP contribution in [0.25, 0.3) is 11.3 Å². The molecule has 0 radical (unpaired) electrons. The van der Waals surface area contributed by atoms with Gasteiger partial charge in [-0.05, 0) is 39.4 Å². The van der Waals surface area contributed by atoms with Crippen molar-refractivity contribution in [2.24, 2.45) is 0 Å². The highest BCUT2D eigenvalue weighted by Gasteiger charge is 2.23. The maximum absolute atomic E-state index is 6.52. The Morgan fingerprint density at radius 1 is 1.32 bits per heavy atom. The molecule has 2 aromatic rings. The third-order valence-electron chi connectivity index (χ3n) is 4.40. The Hall–Kier alpha value is -1.72. The molecule has 5 nitrogen and oxygen atoms in total. The van der Waals surface area contributed by atoms with Crippen LogP contribution in [0.2, 0.25) is 5.02 Å². The molecule has 2 heterocycles. The van der Waals surface area contributed by atoms with E-state index in [0.29, 0.717) is 23.1 Å². The standard InChI is InChI=1S/C19H26ClN3O2/c1-5-23-8-7-16-14(11-23)18(22-21-16)13-9-15(20)19(25-12(3)4)17(10-13)24-6-2/h9-10,12H,5-8,11H2,1-4H3,(H,21,22). The Kier molecular flexibility index (Phi) is 5.54. The summed E-state index contributed by atoms with van der Waals surface area (Å²) in [6, 6.07) is 3.90. The second kappa shape index (κ2) is 7.67. The molecule has 3 rings (SSSR count). The van der Waals surface area contributed by atoms with Crippen molar-refractivity contribution in [3.05, 3.63) is 28.4 Å². The molecular weight excluding hydrogens is 338 g/mol. The molecule has 1 aromatic carbocycles. The Morgan fingerprint density at radius 2 is 2.12 bits per heavy atom. The summed E-state index contributed by atoms with van der Waals surface area (Å²) in [6.07, 6.45) is 1.02. The number of hydrogen-bond acceptors (Lipinski definition) is 4. The third-order valence-corrected chi connectivity index (χ3v) is 4.68. The van der Waals surface area contributed by atoms with Gasteiger partial charge in [0, 0.05) is 36.3 Å². The number of nitrogens with one attached hydrogen (secondary N) is 1. The molecule has 1 aliphatic rings. The zero-order chi connectivity index (χ0) is 18.0. The van der Waals surface area contributed by atoms with E-state index in [1.54, 1.807) is 0 Å². The monoisotopic (exact) mass is 363 g/mol. The summed E-state index contributed by atoms with van der Waals surface area (Å²) in [4.78, 5) is 2.42. The Labute approximate surface area is 154 Å². The normalized spacial score (nSPS) is 14.6. The first-order chi connectivity index (χ1) is 12.0. The molecule has 0 atom stereocenters. The first kappa shape index (κ1) is 18.1. The minimum atomic E-state index is 0.0267. The van der Waals surface area contributed by atoms with Crippen molar-refractivity contribution in [2.75, 3.05) is 19.7 Å². The molecule has 0 fully saturated rings. The van der Waals surface area contributed by atoms with Gasteiger partial charge in [0.2, 0.25) is 0 Å². The first-order valence-electron chi connectivity index (χ1n) is 8.95. The second-order valence-electron chi connectivity index (χ2n) is 6.53. The summed E-state index contributed by atoms with van der Waals surface area (Å²) in [7, 11) is 0. The number of H-pyrrole nitrogens is 1. The highest BCUT2D eigenvalue weighted by molar-refractivity contribution is 6.32. The van der Waals surface area contributed by atoms with Gasteiger partial charge in [-0.2, -0.15) is 5.10 Å². The highest BCUT2D eigenvalue weighted by Crippen LogP contribution is 2.41. The fourth-order valence-corrected chi connectivity index (χ4v) is 3.43. The Morgan fingerprint density at radius 3 is 2.80 bits per heavy atom. The number of aromatic amines is 1. The minimum absolute atomic E-state index is 0.0267. The number of aromatic nitrogens is 2. The van der Waals surface area contributed by atoms with Crippen molar-refractivity contribution < 1.29 is 9.47 Å². The van der Waals surface area contributed by atoms with Crippen molar-refractivity contribution >= 4 is 11.6 Å². The van der Waals surface area contributed by atoms with Crippen LogP contribution in [0.3, 0.4) is 0 Å². The van der Waals surface area contributed by atoms with E-state index in [1.807, 2.05) is 32.9 Å². The van der Waals surface area contributed by atoms with Gasteiger partial charge in [0.15, 0.2) is 11.5 Å². The van der Waals surface area contributed by atoms with Gasteiger partial charge in [-0.15, -0.1) is 0 Å². The molecule has 0 saturated carbocycles. The highest BCUT2D eigenvalue weighted by atomic mass is 35.5. The molecule has 0 bridgehead atoms. The van der Waals surface area contributed by atoms with E-state index in [-0.39, 0.29) is 6.10 Å². The Balaban J connectivity index is 2.02. The summed E-state index contributed by atoms with van der Waals surface area (Å²) in [5.41, 5.74) is 4.38. The SMILES string of the molecule is CCOc1cc(-c2n[nH]c3c2CN(CC)CC3)cc(Cl)c1OC(C)C. The quantitative estimate of drug-likeness (QED) is 0.831. The summed E-state index contributed by atoms with van der Waals surface area (Å²) in [6.45, 7) is 11.7. The number of halogens is 1. The van der Waals surface area contributed by atoms with Gasteiger partial charge in [-0.25, -0.2) is 0 Å². The Bertz CT molecular complexity index is 743. The van der Waals surface area contributed by atoms with Gasteiger partial charge in [0.05, 0.1) is 23.4 Å². The predicted octanol–water partition coefficient (Wildman–Crippen LogP) is 4.29. The van der Waals surface area contributed by atoms with Gasteiger partial charge >= 0.3 is 0 Å². The molecule has 1 aliphatic heterocycles. The van der Waals surface area contributed by atoms with E-state index < -0.39 is 0 Å². The van der Waals surface area contributed by atoms with E-state index in [1.165, 1.54) is 11.3 Å². The zero-order valence-electron chi connectivity index (χ0n) is 15.4. The number of hydrogen-bond donors (Lipinski definition) is 1. The lowest BCUT2D eigenvalue weighted by atomic mass is 10.0. The van der Waals surface area contributed by atoms with Crippen molar-refractivity contribution in [3.8, 4) is 22.8 Å². The molecule has 0 amide bonds. The van der Waals surface area contributed by atoms with Crippen LogP contribution < -0.4 is 9.47 Å². The fraction of sp³-hybridized carbons (Fsp3) is 0.526. The van der Waals surface area contributed by atoms with E-state index >= 15 is 0 Å². The van der Waals surface area contributed by atoms with Crippen molar-refractivity contribution in [3.63, 3.8) is 0 Å². The second-order valence-corrected chi connectivity index (χ2v) is 6.94. The van der Waals surface area contributed by atoms with Crippen LogP contribution in [0.1, 0.15) is 39.0 Å². The summed E-state index contributed by atoms with van der Waals surface area (Å²) >= 11 is 6.52. The van der Waals surface area contributed by atoms with Gasteiger partial charge in [0.25, 0.3) is 0 Å². The van der Waals surface area contributed by atoms with Crippen LogP contribution in [-0.4, -0.2) is 40.9 Å². The molecule has 0 unspecified atom stereocenters. The molecule has 0 saturated heterocycles. The van der Waals surface area contributed by atoms with Gasteiger partial charge in [-0.1, -0.05) is 18.5 Å². The number of rotatable bonds is 6. The van der Waals surface area contributed by atoms with Crippen molar-refractivity contribution in [1.82, 2.24) is 15.1 Å². The van der Waals surface area contributed by atoms with Crippen molar-refractivity contribution in [1.29, 1.82) is 0 Å². The number of fused-ring (bicyclic) bond motifs is 1. The van der Waals surface area contributed by atoms with E-state index in [0.717, 1.165) is 37.3 Å². The molecule has 25 heavy (non-hydrogen) atoms. The lowest BCUT2D eigenvalue weighted by Crippen LogP contribution is -2.30. The molecule has 1 aromatic heterocycles.